The number of hydrogen-bond acceptors (Lipinski definition) is 1. The first-order valence-corrected chi connectivity index (χ1v) is 12.3. The number of benzene rings is 3. The van der Waals surface area contributed by atoms with E-state index in [0.717, 1.165) is 39.7 Å². The summed E-state index contributed by atoms with van der Waals surface area (Å²) in [6.45, 7) is 8.91. The summed E-state index contributed by atoms with van der Waals surface area (Å²) in [6, 6.07) is 34.3. The molecule has 0 aliphatic rings. The maximum Gasteiger partial charge on any atom is 3.00 e. The molecule has 176 valence electrons. The molecular weight excluding hydrogens is 658 g/mol. The van der Waals surface area contributed by atoms with Crippen LogP contribution >= 0.6 is 15.9 Å². The van der Waals surface area contributed by atoms with E-state index in [1.54, 1.807) is 0 Å². The van der Waals surface area contributed by atoms with Crippen LogP contribution in [0.2, 0.25) is 0 Å². The Morgan fingerprint density at radius 2 is 1.41 bits per heavy atom. The fraction of sp³-hybridized carbons (Fsp3) is 0.258. The fourth-order valence-corrected chi connectivity index (χ4v) is 3.91. The van der Waals surface area contributed by atoms with E-state index in [4.69, 9.17) is 0 Å². The van der Waals surface area contributed by atoms with Crippen LogP contribution in [0.25, 0.3) is 22.4 Å². The normalized spacial score (nSPS) is 10.4. The third-order valence-corrected chi connectivity index (χ3v) is 5.52. The summed E-state index contributed by atoms with van der Waals surface area (Å²) in [5.74, 6) is 1.36. The number of rotatable bonds is 6. The van der Waals surface area contributed by atoms with E-state index in [1.807, 2.05) is 42.6 Å². The minimum absolute atomic E-state index is 0. The Morgan fingerprint density at radius 3 is 1.97 bits per heavy atom. The molecule has 4 aromatic rings. The zero-order valence-electron chi connectivity index (χ0n) is 20.2. The second kappa shape index (κ2) is 14.4. The van der Waals surface area contributed by atoms with Crippen molar-refractivity contribution in [3.8, 4) is 22.4 Å². The standard InChI is InChI=1S/C16H16.C15H15BrN.Ir/c1-13(2)12-14-8-10-16(11-9-14)15-6-4-3-5-7-15;1-11(2)8-12-6-7-15(17-10-12)13-4-3-5-14(16)9-13;/h3-6,8-10,13H,12H2,1-2H3;3,5-7,9-11H,8H2,1-2H3;/q-2;-1;+3. The number of pyridine rings is 1. The third-order valence-electron chi connectivity index (χ3n) is 5.03. The van der Waals surface area contributed by atoms with Gasteiger partial charge >= 0.3 is 20.1 Å². The zero-order chi connectivity index (χ0) is 23.6. The van der Waals surface area contributed by atoms with E-state index < -0.39 is 0 Å². The molecule has 0 unspecified atom stereocenters. The Morgan fingerprint density at radius 1 is 0.735 bits per heavy atom. The van der Waals surface area contributed by atoms with Crippen molar-refractivity contribution >= 4 is 15.9 Å². The summed E-state index contributed by atoms with van der Waals surface area (Å²) in [5, 5.41) is 0. The van der Waals surface area contributed by atoms with Gasteiger partial charge in [0.05, 0.1) is 0 Å². The van der Waals surface area contributed by atoms with Crippen molar-refractivity contribution in [1.29, 1.82) is 0 Å². The van der Waals surface area contributed by atoms with E-state index in [1.165, 1.54) is 11.1 Å². The average Bonchev–Trinajstić information content (AvgIpc) is 2.80. The Balaban J connectivity index is 0.000000234. The summed E-state index contributed by atoms with van der Waals surface area (Å²) in [5.41, 5.74) is 6.87. The molecule has 1 nitrogen and oxygen atoms in total. The van der Waals surface area contributed by atoms with Gasteiger partial charge in [-0.05, 0) is 23.6 Å². The van der Waals surface area contributed by atoms with E-state index in [0.29, 0.717) is 11.8 Å². The predicted octanol–water partition coefficient (Wildman–Crippen LogP) is 8.66. The number of nitrogens with zero attached hydrogens (tertiary/aromatic N) is 1. The molecule has 0 aliphatic heterocycles. The van der Waals surface area contributed by atoms with Gasteiger partial charge in [-0.25, -0.2) is 11.1 Å². The zero-order valence-corrected chi connectivity index (χ0v) is 24.2. The first kappa shape index (κ1) is 28.2. The SMILES string of the molecule is CC(C)Cc1c[c-]c(-c2[c-]cccc2)cc1.CC(C)Cc1ccc(-c2[c-]ccc(Br)c2)nc1.[Ir+3]. The van der Waals surface area contributed by atoms with Gasteiger partial charge in [0.25, 0.3) is 0 Å². The number of hydrogen-bond donors (Lipinski definition) is 0. The predicted molar refractivity (Wildman–Crippen MR) is 143 cm³/mol. The van der Waals surface area contributed by atoms with Crippen LogP contribution in [-0.2, 0) is 32.9 Å². The molecule has 0 aliphatic carbocycles. The van der Waals surface area contributed by atoms with Crippen molar-refractivity contribution in [2.75, 3.05) is 0 Å². The van der Waals surface area contributed by atoms with Gasteiger partial charge in [0, 0.05) is 6.20 Å². The molecule has 1 aromatic heterocycles. The van der Waals surface area contributed by atoms with Gasteiger partial charge in [0.2, 0.25) is 0 Å². The van der Waals surface area contributed by atoms with Crippen molar-refractivity contribution in [3.63, 3.8) is 0 Å². The maximum absolute atomic E-state index is 4.49. The molecule has 34 heavy (non-hydrogen) atoms. The Bertz CT molecular complexity index is 1100. The van der Waals surface area contributed by atoms with Crippen LogP contribution in [-0.4, -0.2) is 4.98 Å². The molecule has 0 bridgehead atoms. The molecule has 3 aromatic carbocycles. The number of halogens is 1. The average molecular weight is 690 g/mol. The van der Waals surface area contributed by atoms with Crippen molar-refractivity contribution in [3.05, 3.63) is 113 Å². The van der Waals surface area contributed by atoms with E-state index in [2.05, 4.69) is 103 Å². The Kier molecular flexibility index (Phi) is 11.9. The molecule has 0 radical (unpaired) electrons. The fourth-order valence-electron chi connectivity index (χ4n) is 3.55. The second-order valence-corrected chi connectivity index (χ2v) is 9.97. The summed E-state index contributed by atoms with van der Waals surface area (Å²) >= 11 is 3.46. The molecule has 3 heteroatoms. The maximum atomic E-state index is 4.49. The third kappa shape index (κ3) is 9.29. The smallest absolute Gasteiger partial charge is 0.304 e. The molecule has 4 rings (SSSR count). The number of aromatic nitrogens is 1. The van der Waals surface area contributed by atoms with Gasteiger partial charge in [-0.1, -0.05) is 72.6 Å². The molecule has 0 fully saturated rings. The molecular formula is C31H31BrIrN. The van der Waals surface area contributed by atoms with Crippen LogP contribution in [0.1, 0.15) is 38.8 Å². The largest absolute Gasteiger partial charge is 3.00 e. The van der Waals surface area contributed by atoms with Crippen molar-refractivity contribution < 1.29 is 20.1 Å². The molecule has 0 atom stereocenters. The van der Waals surface area contributed by atoms with Gasteiger partial charge in [0.15, 0.2) is 0 Å². The van der Waals surface area contributed by atoms with Crippen molar-refractivity contribution in [2.24, 2.45) is 11.8 Å². The monoisotopic (exact) mass is 689 g/mol. The molecule has 0 spiro atoms. The van der Waals surface area contributed by atoms with Gasteiger partial charge in [0.1, 0.15) is 0 Å². The molecule has 0 saturated heterocycles. The minimum Gasteiger partial charge on any atom is -0.304 e. The molecule has 1 heterocycles. The van der Waals surface area contributed by atoms with Crippen LogP contribution in [0.3, 0.4) is 0 Å². The van der Waals surface area contributed by atoms with E-state index in [9.17, 15) is 0 Å². The quantitative estimate of drug-likeness (QED) is 0.185. The summed E-state index contributed by atoms with van der Waals surface area (Å²) < 4.78 is 1.05. The molecule has 0 saturated carbocycles. The first-order chi connectivity index (χ1) is 15.9. The van der Waals surface area contributed by atoms with Crippen LogP contribution in [0.4, 0.5) is 0 Å². The summed E-state index contributed by atoms with van der Waals surface area (Å²) in [7, 11) is 0. The van der Waals surface area contributed by atoms with Crippen LogP contribution < -0.4 is 0 Å². The summed E-state index contributed by atoms with van der Waals surface area (Å²) in [6.07, 6.45) is 4.16. The van der Waals surface area contributed by atoms with Gasteiger partial charge in [-0.2, -0.15) is 48.5 Å². The topological polar surface area (TPSA) is 12.9 Å². The van der Waals surface area contributed by atoms with Crippen LogP contribution in [0, 0.1) is 30.0 Å². The molecule has 0 N–H and O–H groups in total. The van der Waals surface area contributed by atoms with Gasteiger partial charge < -0.3 is 4.98 Å². The first-order valence-electron chi connectivity index (χ1n) is 11.5. The minimum atomic E-state index is 0. The van der Waals surface area contributed by atoms with Crippen LogP contribution in [0.15, 0.2) is 83.5 Å². The molecule has 0 amide bonds. The Labute approximate surface area is 227 Å². The van der Waals surface area contributed by atoms with Gasteiger partial charge in [-0.3, -0.25) is 0 Å². The van der Waals surface area contributed by atoms with Crippen LogP contribution in [0.5, 0.6) is 0 Å². The second-order valence-electron chi connectivity index (χ2n) is 9.06. The Hall–Kier alpha value is -2.06. The summed E-state index contributed by atoms with van der Waals surface area (Å²) in [4.78, 5) is 4.49. The van der Waals surface area contributed by atoms with Crippen molar-refractivity contribution in [1.82, 2.24) is 4.98 Å². The van der Waals surface area contributed by atoms with E-state index >= 15 is 0 Å². The van der Waals surface area contributed by atoms with Crippen molar-refractivity contribution in [2.45, 2.75) is 40.5 Å². The van der Waals surface area contributed by atoms with E-state index in [-0.39, 0.29) is 20.1 Å². The van der Waals surface area contributed by atoms with Gasteiger partial charge in [-0.15, -0.1) is 41.5 Å².